The number of aliphatic hydroxyl groups is 4. The van der Waals surface area contributed by atoms with Gasteiger partial charge in [-0.3, -0.25) is 0 Å². The van der Waals surface area contributed by atoms with Gasteiger partial charge in [-0.2, -0.15) is 0 Å². The van der Waals surface area contributed by atoms with Gasteiger partial charge in [-0.05, 0) is 110 Å². The van der Waals surface area contributed by atoms with Gasteiger partial charge in [0.2, 0.25) is 0 Å². The standard InChI is InChI=1S/C35H56O4/c1-7-11-15-28-19-26(5)32(30(21-28)17-13-9-3)35(39,34(23-36,24-37)25-38)33-27(6)20-29(16-12-8-2)22-31(33)18-14-10-4/h19-22,36-39H,7-18,23-25H2,1-6H3. The molecule has 2 aromatic rings. The minimum absolute atomic E-state index is 0.537. The molecule has 0 aromatic heterocycles. The summed E-state index contributed by atoms with van der Waals surface area (Å²) in [6.07, 6.45) is 12.0. The van der Waals surface area contributed by atoms with Crippen LogP contribution in [0.25, 0.3) is 0 Å². The van der Waals surface area contributed by atoms with E-state index in [-0.39, 0.29) is 0 Å². The lowest BCUT2D eigenvalue weighted by atomic mass is 9.61. The van der Waals surface area contributed by atoms with Crippen molar-refractivity contribution >= 4 is 0 Å². The van der Waals surface area contributed by atoms with Gasteiger partial charge in [-0.25, -0.2) is 0 Å². The molecule has 0 aliphatic heterocycles. The molecule has 4 heteroatoms. The van der Waals surface area contributed by atoms with Gasteiger partial charge in [0, 0.05) is 0 Å². The summed E-state index contributed by atoms with van der Waals surface area (Å²) in [7, 11) is 0. The SMILES string of the molecule is CCCCc1cc(C)c(C(O)(c2c(C)cc(CCCC)cc2CCCC)C(CO)(CO)CO)c(CCCC)c1. The summed E-state index contributed by atoms with van der Waals surface area (Å²) >= 11 is 0. The van der Waals surface area contributed by atoms with Crippen molar-refractivity contribution in [2.45, 2.75) is 124 Å². The van der Waals surface area contributed by atoms with Gasteiger partial charge >= 0.3 is 0 Å². The van der Waals surface area contributed by atoms with Gasteiger partial charge in [0.1, 0.15) is 5.60 Å². The predicted octanol–water partition coefficient (Wildman–Crippen LogP) is 6.87. The molecule has 0 aliphatic carbocycles. The first-order chi connectivity index (χ1) is 18.7. The first-order valence-corrected chi connectivity index (χ1v) is 15.5. The van der Waals surface area contributed by atoms with E-state index in [1.165, 1.54) is 11.1 Å². The summed E-state index contributed by atoms with van der Waals surface area (Å²) in [6, 6.07) is 8.79. The molecule has 0 aliphatic rings. The van der Waals surface area contributed by atoms with Crippen molar-refractivity contribution in [2.24, 2.45) is 5.41 Å². The molecule has 0 saturated carbocycles. The fourth-order valence-corrected chi connectivity index (χ4v) is 6.25. The van der Waals surface area contributed by atoms with Crippen LogP contribution in [0.15, 0.2) is 24.3 Å². The zero-order valence-electron chi connectivity index (χ0n) is 25.7. The average Bonchev–Trinajstić information content (AvgIpc) is 2.93. The molecule has 4 nitrogen and oxygen atoms in total. The molecular weight excluding hydrogens is 484 g/mol. The van der Waals surface area contributed by atoms with Crippen LogP contribution in [0.1, 0.15) is 124 Å². The normalized spacial score (nSPS) is 12.4. The Labute approximate surface area is 238 Å². The highest BCUT2D eigenvalue weighted by Crippen LogP contribution is 2.50. The third-order valence-electron chi connectivity index (χ3n) is 8.59. The van der Waals surface area contributed by atoms with Crippen LogP contribution >= 0.6 is 0 Å². The quantitative estimate of drug-likeness (QED) is 0.166. The molecule has 0 atom stereocenters. The highest BCUT2D eigenvalue weighted by molar-refractivity contribution is 5.55. The van der Waals surface area contributed by atoms with Crippen LogP contribution in [-0.2, 0) is 31.3 Å². The smallest absolute Gasteiger partial charge is 0.128 e. The third kappa shape index (κ3) is 7.33. The molecule has 220 valence electrons. The Morgan fingerprint density at radius 3 is 1.18 bits per heavy atom. The van der Waals surface area contributed by atoms with Crippen LogP contribution < -0.4 is 0 Å². The summed E-state index contributed by atoms with van der Waals surface area (Å²) in [5.41, 5.74) is 4.70. The summed E-state index contributed by atoms with van der Waals surface area (Å²) in [5.74, 6) is 0. The summed E-state index contributed by atoms with van der Waals surface area (Å²) in [4.78, 5) is 0. The van der Waals surface area contributed by atoms with Crippen LogP contribution in [0, 0.1) is 19.3 Å². The number of benzene rings is 2. The molecule has 0 fully saturated rings. The lowest BCUT2D eigenvalue weighted by molar-refractivity contribution is -0.137. The van der Waals surface area contributed by atoms with E-state index in [1.54, 1.807) is 0 Å². The molecule has 0 radical (unpaired) electrons. The van der Waals surface area contributed by atoms with Crippen molar-refractivity contribution in [1.29, 1.82) is 0 Å². The van der Waals surface area contributed by atoms with Gasteiger partial charge in [0.25, 0.3) is 0 Å². The molecular formula is C35H56O4. The maximum absolute atomic E-state index is 13.2. The minimum Gasteiger partial charge on any atom is -0.395 e. The summed E-state index contributed by atoms with van der Waals surface area (Å²) in [6.45, 7) is 11.2. The monoisotopic (exact) mass is 540 g/mol. The van der Waals surface area contributed by atoms with Gasteiger partial charge in [0.05, 0.1) is 25.2 Å². The molecule has 0 unspecified atom stereocenters. The Kier molecular flexibility index (Phi) is 13.7. The second-order valence-corrected chi connectivity index (χ2v) is 11.8. The van der Waals surface area contributed by atoms with Crippen LogP contribution in [0.5, 0.6) is 0 Å². The van der Waals surface area contributed by atoms with Crippen molar-refractivity contribution in [3.05, 3.63) is 68.8 Å². The molecule has 0 spiro atoms. The lowest BCUT2D eigenvalue weighted by Crippen LogP contribution is -2.55. The second kappa shape index (κ2) is 15.9. The largest absolute Gasteiger partial charge is 0.395 e. The first kappa shape index (κ1) is 33.5. The lowest BCUT2D eigenvalue weighted by Gasteiger charge is -2.48. The van der Waals surface area contributed by atoms with Crippen molar-refractivity contribution in [1.82, 2.24) is 0 Å². The van der Waals surface area contributed by atoms with E-state index >= 15 is 0 Å². The molecule has 4 N–H and O–H groups in total. The van der Waals surface area contributed by atoms with E-state index in [0.717, 1.165) is 110 Å². The van der Waals surface area contributed by atoms with E-state index in [1.807, 2.05) is 13.8 Å². The van der Waals surface area contributed by atoms with E-state index < -0.39 is 30.8 Å². The molecule has 0 heterocycles. The molecule has 39 heavy (non-hydrogen) atoms. The Balaban J connectivity index is 3.03. The molecule has 2 rings (SSSR count). The number of unbranched alkanes of at least 4 members (excludes halogenated alkanes) is 4. The highest BCUT2D eigenvalue weighted by atomic mass is 16.3. The van der Waals surface area contributed by atoms with E-state index in [9.17, 15) is 20.4 Å². The van der Waals surface area contributed by atoms with E-state index in [0.29, 0.717) is 0 Å². The van der Waals surface area contributed by atoms with Crippen molar-refractivity contribution < 1.29 is 20.4 Å². The fourth-order valence-electron chi connectivity index (χ4n) is 6.25. The zero-order chi connectivity index (χ0) is 29.1. The molecule has 0 amide bonds. The Hall–Kier alpha value is -1.72. The van der Waals surface area contributed by atoms with Gasteiger partial charge in [-0.15, -0.1) is 0 Å². The van der Waals surface area contributed by atoms with Crippen molar-refractivity contribution in [2.75, 3.05) is 19.8 Å². The van der Waals surface area contributed by atoms with Gasteiger partial charge < -0.3 is 20.4 Å². The van der Waals surface area contributed by atoms with Gasteiger partial charge in [0.15, 0.2) is 0 Å². The van der Waals surface area contributed by atoms with Crippen molar-refractivity contribution in [3.63, 3.8) is 0 Å². The van der Waals surface area contributed by atoms with E-state index in [4.69, 9.17) is 0 Å². The zero-order valence-corrected chi connectivity index (χ0v) is 25.7. The third-order valence-corrected chi connectivity index (χ3v) is 8.59. The molecule has 0 bridgehead atoms. The molecule has 2 aromatic carbocycles. The Morgan fingerprint density at radius 1 is 0.538 bits per heavy atom. The Bertz CT molecular complexity index is 944. The van der Waals surface area contributed by atoms with Crippen LogP contribution in [-0.4, -0.2) is 40.2 Å². The number of hydrogen-bond donors (Lipinski definition) is 4. The number of hydrogen-bond acceptors (Lipinski definition) is 4. The highest BCUT2D eigenvalue weighted by Gasteiger charge is 2.55. The number of aryl methyl sites for hydroxylation is 6. The minimum atomic E-state index is -1.77. The maximum atomic E-state index is 13.2. The van der Waals surface area contributed by atoms with Crippen molar-refractivity contribution in [3.8, 4) is 0 Å². The number of rotatable bonds is 18. The van der Waals surface area contributed by atoms with Crippen LogP contribution in [0.3, 0.4) is 0 Å². The average molecular weight is 541 g/mol. The number of aliphatic hydroxyl groups excluding tert-OH is 3. The fraction of sp³-hybridized carbons (Fsp3) is 0.657. The predicted molar refractivity (Wildman–Crippen MR) is 163 cm³/mol. The molecule has 0 saturated heterocycles. The summed E-state index contributed by atoms with van der Waals surface area (Å²) in [5, 5.41) is 45.7. The topological polar surface area (TPSA) is 80.9 Å². The summed E-state index contributed by atoms with van der Waals surface area (Å²) < 4.78 is 0. The van der Waals surface area contributed by atoms with Crippen LogP contribution in [0.4, 0.5) is 0 Å². The second-order valence-electron chi connectivity index (χ2n) is 11.8. The Morgan fingerprint density at radius 2 is 0.872 bits per heavy atom. The maximum Gasteiger partial charge on any atom is 0.128 e. The van der Waals surface area contributed by atoms with Gasteiger partial charge in [-0.1, -0.05) is 77.6 Å². The first-order valence-electron chi connectivity index (χ1n) is 15.5. The van der Waals surface area contributed by atoms with E-state index in [2.05, 4.69) is 52.0 Å². The van der Waals surface area contributed by atoms with Crippen LogP contribution in [0.2, 0.25) is 0 Å².